The van der Waals surface area contributed by atoms with Gasteiger partial charge in [-0.2, -0.15) is 0 Å². The number of rotatable bonds is 4. The molecule has 0 aliphatic heterocycles. The van der Waals surface area contributed by atoms with Crippen LogP contribution in [0.1, 0.15) is 11.3 Å². The van der Waals surface area contributed by atoms with Crippen molar-refractivity contribution in [1.82, 2.24) is 9.97 Å². The Kier molecular flexibility index (Phi) is 4.57. The van der Waals surface area contributed by atoms with Gasteiger partial charge in [0, 0.05) is 23.3 Å². The molecule has 2 aromatic rings. The summed E-state index contributed by atoms with van der Waals surface area (Å²) in [6.07, 6.45) is 1.69. The smallest absolute Gasteiger partial charge is 0.234 e. The molecular formula is C14H16N4OS. The monoisotopic (exact) mass is 288 g/mol. The van der Waals surface area contributed by atoms with Crippen LogP contribution in [-0.4, -0.2) is 21.6 Å². The quantitative estimate of drug-likeness (QED) is 0.513. The van der Waals surface area contributed by atoms with Gasteiger partial charge in [-0.1, -0.05) is 17.8 Å². The molecule has 0 fully saturated rings. The molecule has 6 heteroatoms. The molecule has 0 spiro atoms. The lowest BCUT2D eigenvalue weighted by atomic mass is 10.2. The molecule has 2 rings (SSSR count). The van der Waals surface area contributed by atoms with Crippen LogP contribution in [0.2, 0.25) is 0 Å². The fraction of sp³-hybridized carbons (Fsp3) is 0.214. The van der Waals surface area contributed by atoms with Gasteiger partial charge in [-0.05, 0) is 37.6 Å². The number of carbonyl (C=O) groups excluding carboxylic acids is 1. The highest BCUT2D eigenvalue weighted by Crippen LogP contribution is 2.19. The minimum atomic E-state index is -0.103. The Morgan fingerprint density at radius 1 is 1.35 bits per heavy atom. The number of anilines is 2. The molecule has 1 amide bonds. The summed E-state index contributed by atoms with van der Waals surface area (Å²) in [5.41, 5.74) is 8.93. The van der Waals surface area contributed by atoms with Crippen molar-refractivity contribution in [1.29, 1.82) is 0 Å². The van der Waals surface area contributed by atoms with E-state index in [4.69, 9.17) is 5.73 Å². The molecule has 20 heavy (non-hydrogen) atoms. The van der Waals surface area contributed by atoms with Gasteiger partial charge in [0.25, 0.3) is 0 Å². The standard InChI is InChI=1S/C14H16N4OS/c1-9-3-4-11(15)7-12(9)18-13(19)8-20-14-16-6-5-10(2)17-14/h3-7H,8,15H2,1-2H3,(H,18,19). The molecule has 5 nitrogen and oxygen atoms in total. The summed E-state index contributed by atoms with van der Waals surface area (Å²) >= 11 is 1.31. The Balaban J connectivity index is 1.94. The molecule has 1 heterocycles. The molecule has 104 valence electrons. The average molecular weight is 288 g/mol. The van der Waals surface area contributed by atoms with E-state index in [-0.39, 0.29) is 11.7 Å². The second kappa shape index (κ2) is 6.38. The average Bonchev–Trinajstić information content (AvgIpc) is 2.41. The zero-order chi connectivity index (χ0) is 14.5. The molecule has 0 saturated heterocycles. The number of hydrogen-bond acceptors (Lipinski definition) is 5. The lowest BCUT2D eigenvalue weighted by Crippen LogP contribution is -2.15. The van der Waals surface area contributed by atoms with Crippen LogP contribution < -0.4 is 11.1 Å². The minimum absolute atomic E-state index is 0.103. The third kappa shape index (κ3) is 3.96. The van der Waals surface area contributed by atoms with E-state index >= 15 is 0 Å². The highest BCUT2D eigenvalue weighted by Gasteiger charge is 2.07. The Hall–Kier alpha value is -2.08. The lowest BCUT2D eigenvalue weighted by molar-refractivity contribution is -0.113. The minimum Gasteiger partial charge on any atom is -0.399 e. The van der Waals surface area contributed by atoms with Gasteiger partial charge in [-0.3, -0.25) is 4.79 Å². The highest BCUT2D eigenvalue weighted by atomic mass is 32.2. The summed E-state index contributed by atoms with van der Waals surface area (Å²) in [4.78, 5) is 20.2. The maximum atomic E-state index is 11.9. The molecule has 0 unspecified atom stereocenters. The zero-order valence-electron chi connectivity index (χ0n) is 11.4. The molecule has 1 aromatic heterocycles. The Labute approximate surface area is 122 Å². The third-order valence-electron chi connectivity index (χ3n) is 2.64. The first kappa shape index (κ1) is 14.3. The predicted octanol–water partition coefficient (Wildman–Crippen LogP) is 2.41. The van der Waals surface area contributed by atoms with Crippen LogP contribution in [0.25, 0.3) is 0 Å². The van der Waals surface area contributed by atoms with E-state index in [9.17, 15) is 4.79 Å². The van der Waals surface area contributed by atoms with Crippen molar-refractivity contribution in [2.45, 2.75) is 19.0 Å². The molecule has 3 N–H and O–H groups in total. The summed E-state index contributed by atoms with van der Waals surface area (Å²) in [7, 11) is 0. The molecular weight excluding hydrogens is 272 g/mol. The molecule has 0 radical (unpaired) electrons. The second-order valence-electron chi connectivity index (χ2n) is 4.39. The van der Waals surface area contributed by atoms with Gasteiger partial charge < -0.3 is 11.1 Å². The first-order chi connectivity index (χ1) is 9.54. The normalized spacial score (nSPS) is 10.3. The van der Waals surface area contributed by atoms with E-state index in [1.165, 1.54) is 11.8 Å². The Morgan fingerprint density at radius 2 is 2.15 bits per heavy atom. The topological polar surface area (TPSA) is 80.9 Å². The van der Waals surface area contributed by atoms with Crippen molar-refractivity contribution in [3.63, 3.8) is 0 Å². The van der Waals surface area contributed by atoms with Crippen molar-refractivity contribution < 1.29 is 4.79 Å². The van der Waals surface area contributed by atoms with Crippen LogP contribution in [-0.2, 0) is 4.79 Å². The largest absolute Gasteiger partial charge is 0.399 e. The first-order valence-corrected chi connectivity index (χ1v) is 7.11. The summed E-state index contributed by atoms with van der Waals surface area (Å²) in [6, 6.07) is 7.25. The highest BCUT2D eigenvalue weighted by molar-refractivity contribution is 7.99. The van der Waals surface area contributed by atoms with Crippen LogP contribution in [0, 0.1) is 13.8 Å². The number of nitrogen functional groups attached to an aromatic ring is 1. The number of benzene rings is 1. The second-order valence-corrected chi connectivity index (χ2v) is 5.33. The van der Waals surface area contributed by atoms with Gasteiger partial charge in [0.1, 0.15) is 0 Å². The van der Waals surface area contributed by atoms with Gasteiger partial charge in [0.2, 0.25) is 5.91 Å². The maximum Gasteiger partial charge on any atom is 0.234 e. The SMILES string of the molecule is Cc1ccnc(SCC(=O)Nc2cc(N)ccc2C)n1. The molecule has 0 aliphatic carbocycles. The number of nitrogens with zero attached hydrogens (tertiary/aromatic N) is 2. The van der Waals surface area contributed by atoms with Crippen molar-refractivity contribution in [2.24, 2.45) is 0 Å². The third-order valence-corrected chi connectivity index (χ3v) is 3.50. The van der Waals surface area contributed by atoms with Crippen LogP contribution in [0.5, 0.6) is 0 Å². The van der Waals surface area contributed by atoms with E-state index in [0.29, 0.717) is 10.8 Å². The number of aryl methyl sites for hydroxylation is 2. The van der Waals surface area contributed by atoms with Crippen LogP contribution in [0.15, 0.2) is 35.6 Å². The van der Waals surface area contributed by atoms with E-state index in [0.717, 1.165) is 16.9 Å². The van der Waals surface area contributed by atoms with Crippen LogP contribution >= 0.6 is 11.8 Å². The predicted molar refractivity (Wildman–Crippen MR) is 81.7 cm³/mol. The maximum absolute atomic E-state index is 11.9. The van der Waals surface area contributed by atoms with Gasteiger partial charge in [-0.25, -0.2) is 9.97 Å². The van der Waals surface area contributed by atoms with E-state index in [2.05, 4.69) is 15.3 Å². The van der Waals surface area contributed by atoms with Gasteiger partial charge in [0.15, 0.2) is 5.16 Å². The van der Waals surface area contributed by atoms with E-state index < -0.39 is 0 Å². The van der Waals surface area contributed by atoms with E-state index in [1.54, 1.807) is 18.3 Å². The van der Waals surface area contributed by atoms with Gasteiger partial charge in [0.05, 0.1) is 5.75 Å². The number of nitrogens with two attached hydrogens (primary N) is 1. The van der Waals surface area contributed by atoms with Crippen molar-refractivity contribution in [3.8, 4) is 0 Å². The fourth-order valence-corrected chi connectivity index (χ4v) is 2.26. The number of aromatic nitrogens is 2. The lowest BCUT2D eigenvalue weighted by Gasteiger charge is -2.08. The number of nitrogens with one attached hydrogen (secondary N) is 1. The van der Waals surface area contributed by atoms with Gasteiger partial charge in [-0.15, -0.1) is 0 Å². The first-order valence-electron chi connectivity index (χ1n) is 6.13. The molecule has 0 bridgehead atoms. The fourth-order valence-electron chi connectivity index (χ4n) is 1.59. The number of hydrogen-bond donors (Lipinski definition) is 2. The molecule has 1 aromatic carbocycles. The van der Waals surface area contributed by atoms with Crippen LogP contribution in [0.3, 0.4) is 0 Å². The van der Waals surface area contributed by atoms with Gasteiger partial charge >= 0.3 is 0 Å². The zero-order valence-corrected chi connectivity index (χ0v) is 12.2. The van der Waals surface area contributed by atoms with E-state index in [1.807, 2.05) is 26.0 Å². The summed E-state index contributed by atoms with van der Waals surface area (Å²) < 4.78 is 0. The molecule has 0 atom stereocenters. The Morgan fingerprint density at radius 3 is 2.90 bits per heavy atom. The van der Waals surface area contributed by atoms with Crippen molar-refractivity contribution in [3.05, 3.63) is 41.7 Å². The Bertz CT molecular complexity index is 630. The molecule has 0 aliphatic rings. The summed E-state index contributed by atoms with van der Waals surface area (Å²) in [5, 5.41) is 3.44. The van der Waals surface area contributed by atoms with Crippen molar-refractivity contribution >= 4 is 29.0 Å². The summed E-state index contributed by atoms with van der Waals surface area (Å²) in [5.74, 6) is 0.159. The number of carbonyl (C=O) groups is 1. The van der Waals surface area contributed by atoms with Crippen molar-refractivity contribution in [2.75, 3.05) is 16.8 Å². The molecule has 0 saturated carbocycles. The number of thioether (sulfide) groups is 1. The number of amides is 1. The van der Waals surface area contributed by atoms with Crippen LogP contribution in [0.4, 0.5) is 11.4 Å². The summed E-state index contributed by atoms with van der Waals surface area (Å²) in [6.45, 7) is 3.81.